The van der Waals surface area contributed by atoms with Crippen LogP contribution in [0.5, 0.6) is 5.75 Å². The molecular weight excluding hydrogens is 360 g/mol. The molecule has 7 heteroatoms. The lowest BCUT2D eigenvalue weighted by atomic mass is 9.88. The number of nitrogens with one attached hydrogen (secondary N) is 1. The molecule has 1 amide bonds. The summed E-state index contributed by atoms with van der Waals surface area (Å²) < 4.78 is 5.21. The van der Waals surface area contributed by atoms with E-state index in [1.165, 1.54) is 4.90 Å². The Labute approximate surface area is 162 Å². The second-order valence-corrected chi connectivity index (χ2v) is 6.71. The zero-order chi connectivity index (χ0) is 20.6. The Morgan fingerprint density at radius 3 is 2.46 bits per heavy atom. The lowest BCUT2D eigenvalue weighted by Gasteiger charge is -2.32. The SMILES string of the molecule is CCN1C(=O)C(C(=O)O)C(=O)c2cc(Nc3ccc(OC)cc3C)cc(C)c21. The summed E-state index contributed by atoms with van der Waals surface area (Å²) in [4.78, 5) is 38.2. The molecule has 1 atom stereocenters. The number of nitrogens with zero attached hydrogens (tertiary/aromatic N) is 1. The van der Waals surface area contributed by atoms with E-state index in [0.29, 0.717) is 11.4 Å². The minimum absolute atomic E-state index is 0.238. The maximum Gasteiger partial charge on any atom is 0.324 e. The summed E-state index contributed by atoms with van der Waals surface area (Å²) in [5, 5.41) is 12.6. The Morgan fingerprint density at radius 2 is 1.89 bits per heavy atom. The normalized spacial score (nSPS) is 16.0. The first-order valence-electron chi connectivity index (χ1n) is 8.93. The molecule has 0 aromatic heterocycles. The van der Waals surface area contributed by atoms with Gasteiger partial charge < -0.3 is 20.1 Å². The van der Waals surface area contributed by atoms with Crippen molar-refractivity contribution in [1.82, 2.24) is 0 Å². The van der Waals surface area contributed by atoms with Gasteiger partial charge in [-0.25, -0.2) is 0 Å². The van der Waals surface area contributed by atoms with Crippen LogP contribution in [0.25, 0.3) is 0 Å². The molecule has 0 saturated carbocycles. The van der Waals surface area contributed by atoms with Crippen molar-refractivity contribution in [1.29, 1.82) is 0 Å². The summed E-state index contributed by atoms with van der Waals surface area (Å²) in [6, 6.07) is 9.03. The second-order valence-electron chi connectivity index (χ2n) is 6.71. The molecule has 28 heavy (non-hydrogen) atoms. The van der Waals surface area contributed by atoms with Gasteiger partial charge in [0.2, 0.25) is 5.91 Å². The van der Waals surface area contributed by atoms with Crippen LogP contribution in [0.3, 0.4) is 0 Å². The van der Waals surface area contributed by atoms with E-state index in [9.17, 15) is 19.5 Å². The quantitative estimate of drug-likeness (QED) is 0.771. The number of Topliss-reactive ketones (excluding diaryl/α,β-unsaturated/α-hetero) is 1. The molecule has 2 aromatic carbocycles. The molecule has 1 unspecified atom stereocenters. The third-order valence-corrected chi connectivity index (χ3v) is 4.89. The number of carboxylic acids is 1. The number of anilines is 3. The molecule has 146 valence electrons. The van der Waals surface area contributed by atoms with Gasteiger partial charge in [-0.15, -0.1) is 0 Å². The summed E-state index contributed by atoms with van der Waals surface area (Å²) in [5.74, 6) is -3.77. The van der Waals surface area contributed by atoms with Crippen LogP contribution in [0.4, 0.5) is 17.1 Å². The zero-order valence-corrected chi connectivity index (χ0v) is 16.2. The van der Waals surface area contributed by atoms with Crippen LogP contribution in [0.2, 0.25) is 0 Å². The summed E-state index contributed by atoms with van der Waals surface area (Å²) in [6.45, 7) is 5.77. The molecule has 0 fully saturated rings. The third-order valence-electron chi connectivity index (χ3n) is 4.89. The van der Waals surface area contributed by atoms with Gasteiger partial charge in [-0.1, -0.05) is 0 Å². The van der Waals surface area contributed by atoms with Crippen molar-refractivity contribution >= 4 is 34.7 Å². The monoisotopic (exact) mass is 382 g/mol. The fourth-order valence-corrected chi connectivity index (χ4v) is 3.52. The first kappa shape index (κ1) is 19.4. The number of carboxylic acid groups (broad SMARTS) is 1. The highest BCUT2D eigenvalue weighted by Gasteiger charge is 2.44. The van der Waals surface area contributed by atoms with E-state index in [0.717, 1.165) is 22.6 Å². The van der Waals surface area contributed by atoms with Gasteiger partial charge in [-0.05, 0) is 62.2 Å². The van der Waals surface area contributed by atoms with Crippen LogP contribution < -0.4 is 15.0 Å². The molecule has 7 nitrogen and oxygen atoms in total. The molecule has 1 aliphatic heterocycles. The highest BCUT2D eigenvalue weighted by molar-refractivity contribution is 6.30. The standard InChI is InChI=1S/C21H22N2O5/c1-5-23-18-12(3)8-13(22-16-7-6-14(28-4)9-11(16)2)10-15(18)19(24)17(20(23)25)21(26)27/h6-10,17,22H,5H2,1-4H3,(H,26,27). The van der Waals surface area contributed by atoms with Gasteiger partial charge in [-0.3, -0.25) is 14.4 Å². The number of hydrogen-bond acceptors (Lipinski definition) is 5. The van der Waals surface area contributed by atoms with Gasteiger partial charge in [0, 0.05) is 23.5 Å². The number of hydrogen-bond donors (Lipinski definition) is 2. The van der Waals surface area contributed by atoms with Gasteiger partial charge >= 0.3 is 5.97 Å². The van der Waals surface area contributed by atoms with Gasteiger partial charge in [0.15, 0.2) is 11.7 Å². The van der Waals surface area contributed by atoms with Crippen molar-refractivity contribution in [2.75, 3.05) is 23.9 Å². The van der Waals surface area contributed by atoms with E-state index in [-0.39, 0.29) is 12.1 Å². The molecule has 3 rings (SSSR count). The topological polar surface area (TPSA) is 95.9 Å². The molecule has 0 spiro atoms. The van der Waals surface area contributed by atoms with Crippen molar-refractivity contribution in [3.05, 3.63) is 47.0 Å². The number of amides is 1. The van der Waals surface area contributed by atoms with Crippen LogP contribution >= 0.6 is 0 Å². The minimum atomic E-state index is -1.70. The highest BCUT2D eigenvalue weighted by atomic mass is 16.5. The minimum Gasteiger partial charge on any atom is -0.497 e. The Hall–Kier alpha value is -3.35. The van der Waals surface area contributed by atoms with Gasteiger partial charge in [-0.2, -0.15) is 0 Å². The van der Waals surface area contributed by atoms with Crippen LogP contribution in [-0.2, 0) is 9.59 Å². The lowest BCUT2D eigenvalue weighted by Crippen LogP contribution is -2.48. The number of benzene rings is 2. The number of carbonyl (C=O) groups is 3. The number of methoxy groups -OCH3 is 1. The number of ketones is 1. The van der Waals surface area contributed by atoms with E-state index in [1.54, 1.807) is 27.0 Å². The van der Waals surface area contributed by atoms with Crippen LogP contribution in [0, 0.1) is 19.8 Å². The smallest absolute Gasteiger partial charge is 0.324 e. The summed E-state index contributed by atoms with van der Waals surface area (Å²) >= 11 is 0. The fourth-order valence-electron chi connectivity index (χ4n) is 3.52. The first-order valence-corrected chi connectivity index (χ1v) is 8.93. The van der Waals surface area contributed by atoms with E-state index < -0.39 is 23.6 Å². The Bertz CT molecular complexity index is 983. The predicted molar refractivity (Wildman–Crippen MR) is 106 cm³/mol. The number of aliphatic carboxylic acids is 1. The fraction of sp³-hybridized carbons (Fsp3) is 0.286. The maximum atomic E-state index is 12.8. The Kier molecular flexibility index (Phi) is 5.09. The molecule has 0 aliphatic carbocycles. The molecule has 1 aliphatic rings. The second kappa shape index (κ2) is 7.34. The maximum absolute atomic E-state index is 12.8. The molecule has 2 N–H and O–H groups in total. The van der Waals surface area contributed by atoms with E-state index >= 15 is 0 Å². The lowest BCUT2D eigenvalue weighted by molar-refractivity contribution is -0.144. The average Bonchev–Trinajstić information content (AvgIpc) is 2.64. The average molecular weight is 382 g/mol. The van der Waals surface area contributed by atoms with Gasteiger partial charge in [0.05, 0.1) is 12.8 Å². The number of aryl methyl sites for hydroxylation is 2. The van der Waals surface area contributed by atoms with E-state index in [4.69, 9.17) is 4.74 Å². The summed E-state index contributed by atoms with van der Waals surface area (Å²) in [6.07, 6.45) is 0. The Morgan fingerprint density at radius 1 is 1.18 bits per heavy atom. The molecule has 0 radical (unpaired) electrons. The zero-order valence-electron chi connectivity index (χ0n) is 16.2. The van der Waals surface area contributed by atoms with Crippen molar-refractivity contribution in [3.63, 3.8) is 0 Å². The molecular formula is C21H22N2O5. The first-order chi connectivity index (χ1) is 13.3. The summed E-state index contributed by atoms with van der Waals surface area (Å²) in [7, 11) is 1.60. The van der Waals surface area contributed by atoms with Crippen molar-refractivity contribution < 1.29 is 24.2 Å². The Balaban J connectivity index is 2.07. The van der Waals surface area contributed by atoms with Crippen LogP contribution in [0.1, 0.15) is 28.4 Å². The predicted octanol–water partition coefficient (Wildman–Crippen LogP) is 3.31. The largest absolute Gasteiger partial charge is 0.497 e. The van der Waals surface area contributed by atoms with E-state index in [2.05, 4.69) is 5.32 Å². The van der Waals surface area contributed by atoms with Gasteiger partial charge in [0.1, 0.15) is 5.75 Å². The summed E-state index contributed by atoms with van der Waals surface area (Å²) in [5.41, 5.74) is 3.87. The van der Waals surface area contributed by atoms with Gasteiger partial charge in [0.25, 0.3) is 0 Å². The molecule has 0 bridgehead atoms. The molecule has 0 saturated heterocycles. The molecule has 2 aromatic rings. The van der Waals surface area contributed by atoms with Crippen molar-refractivity contribution in [2.45, 2.75) is 20.8 Å². The van der Waals surface area contributed by atoms with Crippen LogP contribution in [0.15, 0.2) is 30.3 Å². The molecule has 1 heterocycles. The number of rotatable bonds is 5. The van der Waals surface area contributed by atoms with Crippen LogP contribution in [-0.4, -0.2) is 36.4 Å². The third kappa shape index (κ3) is 3.19. The van der Waals surface area contributed by atoms with Crippen molar-refractivity contribution in [3.8, 4) is 5.75 Å². The number of ether oxygens (including phenoxy) is 1. The van der Waals surface area contributed by atoms with Crippen molar-refractivity contribution in [2.24, 2.45) is 5.92 Å². The number of fused-ring (bicyclic) bond motifs is 1. The highest BCUT2D eigenvalue weighted by Crippen LogP contribution is 2.37. The number of carbonyl (C=O) groups excluding carboxylic acids is 2. The van der Waals surface area contributed by atoms with E-state index in [1.807, 2.05) is 31.2 Å².